The lowest BCUT2D eigenvalue weighted by molar-refractivity contribution is 0.284. The molecule has 2 aromatic carbocycles. The summed E-state index contributed by atoms with van der Waals surface area (Å²) in [6.07, 6.45) is 3.62. The first kappa shape index (κ1) is 21.2. The smallest absolute Gasteiger partial charge is 0.180 e. The summed E-state index contributed by atoms with van der Waals surface area (Å²) in [6.45, 7) is 4.20. The fourth-order valence-corrected chi connectivity index (χ4v) is 3.29. The van der Waals surface area contributed by atoms with Crippen LogP contribution >= 0.6 is 34.8 Å². The summed E-state index contributed by atoms with van der Waals surface area (Å²) in [7, 11) is 1.60. The first-order valence-corrected chi connectivity index (χ1v) is 9.82. The van der Waals surface area contributed by atoms with Gasteiger partial charge < -0.3 is 14.8 Å². The fourth-order valence-electron chi connectivity index (χ4n) is 2.54. The molecule has 0 heterocycles. The van der Waals surface area contributed by atoms with Crippen LogP contribution in [-0.4, -0.2) is 13.7 Å². The molecule has 0 radical (unpaired) electrons. The van der Waals surface area contributed by atoms with Crippen molar-refractivity contribution in [2.24, 2.45) is 0 Å². The number of hydrogen-bond acceptors (Lipinski definition) is 3. The molecule has 0 amide bonds. The number of nitrogens with one attached hydrogen (secondary N) is 1. The zero-order chi connectivity index (χ0) is 18.9. The van der Waals surface area contributed by atoms with Crippen LogP contribution in [0.4, 0.5) is 0 Å². The molecule has 3 nitrogen and oxygen atoms in total. The van der Waals surface area contributed by atoms with Gasteiger partial charge in [0.25, 0.3) is 0 Å². The van der Waals surface area contributed by atoms with E-state index in [4.69, 9.17) is 44.3 Å². The summed E-state index contributed by atoms with van der Waals surface area (Å²) in [4.78, 5) is 0. The number of rotatable bonds is 10. The van der Waals surface area contributed by atoms with E-state index in [9.17, 15) is 0 Å². The van der Waals surface area contributed by atoms with Crippen molar-refractivity contribution in [1.82, 2.24) is 5.32 Å². The molecule has 0 aromatic heterocycles. The molecule has 1 N–H and O–H groups in total. The lowest BCUT2D eigenvalue weighted by Crippen LogP contribution is -2.14. The highest BCUT2D eigenvalue weighted by Crippen LogP contribution is 2.37. The van der Waals surface area contributed by atoms with E-state index in [-0.39, 0.29) is 6.61 Å². The summed E-state index contributed by atoms with van der Waals surface area (Å²) in [5.74, 6) is 1.11. The Bertz CT molecular complexity index is 722. The van der Waals surface area contributed by atoms with Crippen molar-refractivity contribution in [3.8, 4) is 11.5 Å². The topological polar surface area (TPSA) is 30.5 Å². The minimum absolute atomic E-state index is 0.278. The fraction of sp³-hybridized carbons (Fsp3) is 0.400. The highest BCUT2D eigenvalue weighted by Gasteiger charge is 2.13. The van der Waals surface area contributed by atoms with Crippen LogP contribution in [0, 0.1) is 0 Å². The van der Waals surface area contributed by atoms with Crippen molar-refractivity contribution >= 4 is 34.8 Å². The Kier molecular flexibility index (Phi) is 8.86. The molecule has 26 heavy (non-hydrogen) atoms. The highest BCUT2D eigenvalue weighted by molar-refractivity contribution is 6.35. The van der Waals surface area contributed by atoms with Crippen LogP contribution in [-0.2, 0) is 13.2 Å². The maximum absolute atomic E-state index is 6.42. The van der Waals surface area contributed by atoms with Crippen LogP contribution in [0.1, 0.15) is 37.3 Å². The predicted molar refractivity (Wildman–Crippen MR) is 110 cm³/mol. The highest BCUT2D eigenvalue weighted by atomic mass is 35.5. The van der Waals surface area contributed by atoms with Crippen LogP contribution in [0.5, 0.6) is 11.5 Å². The molecule has 0 atom stereocenters. The Balaban J connectivity index is 2.03. The maximum atomic E-state index is 6.42. The second-order valence-electron chi connectivity index (χ2n) is 6.02. The maximum Gasteiger partial charge on any atom is 0.180 e. The molecule has 0 aliphatic rings. The van der Waals surface area contributed by atoms with Gasteiger partial charge in [0.15, 0.2) is 11.5 Å². The molecule has 0 spiro atoms. The van der Waals surface area contributed by atoms with E-state index in [1.54, 1.807) is 19.2 Å². The van der Waals surface area contributed by atoms with Crippen LogP contribution in [0.25, 0.3) is 0 Å². The van der Waals surface area contributed by atoms with Crippen LogP contribution in [0.3, 0.4) is 0 Å². The van der Waals surface area contributed by atoms with Gasteiger partial charge in [-0.15, -0.1) is 0 Å². The summed E-state index contributed by atoms with van der Waals surface area (Å²) in [6, 6.07) is 9.14. The largest absolute Gasteiger partial charge is 0.493 e. The molecule has 2 rings (SSSR count). The number of unbranched alkanes of at least 4 members (excludes halogenated alkanes) is 2. The van der Waals surface area contributed by atoms with Crippen molar-refractivity contribution in [1.29, 1.82) is 0 Å². The van der Waals surface area contributed by atoms with Gasteiger partial charge in [-0.1, -0.05) is 60.6 Å². The number of methoxy groups -OCH3 is 1. The average molecular weight is 417 g/mol. The molecule has 0 fully saturated rings. The molecule has 0 unspecified atom stereocenters. The molecular weight excluding hydrogens is 393 g/mol. The Morgan fingerprint density at radius 2 is 1.81 bits per heavy atom. The third kappa shape index (κ3) is 6.24. The SMILES string of the molecule is CCCCCNCc1cc(Cl)c(OCc2ccc(Cl)cc2Cl)c(OC)c1. The third-order valence-electron chi connectivity index (χ3n) is 3.96. The molecule has 0 aliphatic heterocycles. The van der Waals surface area contributed by atoms with E-state index in [1.165, 1.54) is 19.3 Å². The number of benzene rings is 2. The molecular formula is C20H24Cl3NO2. The van der Waals surface area contributed by atoms with Crippen molar-refractivity contribution in [2.75, 3.05) is 13.7 Å². The number of ether oxygens (including phenoxy) is 2. The van der Waals surface area contributed by atoms with Gasteiger partial charge in [0, 0.05) is 22.2 Å². The van der Waals surface area contributed by atoms with Gasteiger partial charge in [-0.2, -0.15) is 0 Å². The Morgan fingerprint density at radius 3 is 2.50 bits per heavy atom. The van der Waals surface area contributed by atoms with E-state index in [2.05, 4.69) is 12.2 Å². The van der Waals surface area contributed by atoms with Gasteiger partial charge in [-0.25, -0.2) is 0 Å². The molecule has 142 valence electrons. The van der Waals surface area contributed by atoms with Gasteiger partial charge in [0.05, 0.1) is 12.1 Å². The Hall–Kier alpha value is -1.13. The van der Waals surface area contributed by atoms with E-state index >= 15 is 0 Å². The zero-order valence-electron chi connectivity index (χ0n) is 15.1. The summed E-state index contributed by atoms with van der Waals surface area (Å²) in [5, 5.41) is 5.08. The second kappa shape index (κ2) is 10.9. The first-order chi connectivity index (χ1) is 12.5. The lowest BCUT2D eigenvalue weighted by Gasteiger charge is -2.15. The summed E-state index contributed by atoms with van der Waals surface area (Å²) < 4.78 is 11.3. The van der Waals surface area contributed by atoms with Crippen molar-refractivity contribution in [3.05, 3.63) is 56.5 Å². The number of hydrogen-bond donors (Lipinski definition) is 1. The lowest BCUT2D eigenvalue weighted by atomic mass is 10.2. The van der Waals surface area contributed by atoms with Gasteiger partial charge in [-0.3, -0.25) is 0 Å². The molecule has 0 bridgehead atoms. The van der Waals surface area contributed by atoms with Crippen molar-refractivity contribution in [3.63, 3.8) is 0 Å². The van der Waals surface area contributed by atoms with Crippen molar-refractivity contribution < 1.29 is 9.47 Å². The van der Waals surface area contributed by atoms with Crippen LogP contribution in [0.2, 0.25) is 15.1 Å². The Labute approximate surface area is 170 Å². The second-order valence-corrected chi connectivity index (χ2v) is 7.27. The van der Waals surface area contributed by atoms with Gasteiger partial charge in [0.1, 0.15) is 6.61 Å². The Morgan fingerprint density at radius 1 is 1.00 bits per heavy atom. The monoisotopic (exact) mass is 415 g/mol. The zero-order valence-corrected chi connectivity index (χ0v) is 17.3. The van der Waals surface area contributed by atoms with Crippen LogP contribution in [0.15, 0.2) is 30.3 Å². The molecule has 2 aromatic rings. The first-order valence-electron chi connectivity index (χ1n) is 8.69. The number of halogens is 3. The van der Waals surface area contributed by atoms with E-state index < -0.39 is 0 Å². The minimum Gasteiger partial charge on any atom is -0.493 e. The van der Waals surface area contributed by atoms with Gasteiger partial charge in [-0.05, 0) is 42.8 Å². The molecule has 0 saturated carbocycles. The predicted octanol–water partition coefficient (Wildman–Crippen LogP) is 6.51. The molecule has 0 saturated heterocycles. The average Bonchev–Trinajstić information content (AvgIpc) is 2.61. The normalized spacial score (nSPS) is 10.8. The third-order valence-corrected chi connectivity index (χ3v) is 4.83. The van der Waals surface area contributed by atoms with Crippen molar-refractivity contribution in [2.45, 2.75) is 39.3 Å². The quantitative estimate of drug-likeness (QED) is 0.447. The van der Waals surface area contributed by atoms with Gasteiger partial charge >= 0.3 is 0 Å². The summed E-state index contributed by atoms with van der Waals surface area (Å²) >= 11 is 18.5. The summed E-state index contributed by atoms with van der Waals surface area (Å²) in [5.41, 5.74) is 1.89. The molecule has 6 heteroatoms. The standard InChI is InChI=1S/C20H24Cl3NO2/c1-3-4-5-8-24-12-14-9-18(23)20(19(10-14)25-2)26-13-15-6-7-16(21)11-17(15)22/h6-7,9-11,24H,3-5,8,12-13H2,1-2H3. The molecule has 0 aliphatic carbocycles. The van der Waals surface area contributed by atoms with E-state index in [0.29, 0.717) is 26.6 Å². The van der Waals surface area contributed by atoms with E-state index in [0.717, 1.165) is 24.2 Å². The van der Waals surface area contributed by atoms with Gasteiger partial charge in [0.2, 0.25) is 0 Å². The van der Waals surface area contributed by atoms with Crippen LogP contribution < -0.4 is 14.8 Å². The minimum atomic E-state index is 0.278. The van der Waals surface area contributed by atoms with E-state index in [1.807, 2.05) is 18.2 Å².